The van der Waals surface area contributed by atoms with E-state index in [4.69, 9.17) is 4.74 Å². The van der Waals surface area contributed by atoms with Crippen LogP contribution >= 0.6 is 0 Å². The lowest BCUT2D eigenvalue weighted by Crippen LogP contribution is -2.36. The zero-order chi connectivity index (χ0) is 16.1. The Hall–Kier alpha value is -2.63. The lowest BCUT2D eigenvalue weighted by atomic mass is 10.1. The van der Waals surface area contributed by atoms with Crippen LogP contribution in [0.2, 0.25) is 0 Å². The van der Waals surface area contributed by atoms with Crippen molar-refractivity contribution in [3.05, 3.63) is 46.2 Å². The lowest BCUT2D eigenvalue weighted by Gasteiger charge is -2.13. The first-order valence-electron chi connectivity index (χ1n) is 7.13. The van der Waals surface area contributed by atoms with Crippen LogP contribution in [0.15, 0.2) is 35.1 Å². The van der Waals surface area contributed by atoms with Crippen LogP contribution in [0.5, 0.6) is 0 Å². The first-order valence-corrected chi connectivity index (χ1v) is 7.13. The summed E-state index contributed by atoms with van der Waals surface area (Å²) in [6.45, 7) is 3.95. The van der Waals surface area contributed by atoms with Crippen molar-refractivity contribution in [2.24, 2.45) is 0 Å². The SMILES string of the molecule is CCCNC(=O)[C@H](C)OC(=O)c1cc(=O)[nH]c2ccccc12. The standard InChI is InChI=1S/C16H18N2O4/c1-3-8-17-15(20)10(2)22-16(21)12-9-14(19)18-13-7-5-4-6-11(12)13/h4-7,9-10H,3,8H2,1-2H3,(H,17,20)(H,18,19)/t10-/m0/s1. The summed E-state index contributed by atoms with van der Waals surface area (Å²) >= 11 is 0. The maximum Gasteiger partial charge on any atom is 0.339 e. The Labute approximate surface area is 127 Å². The highest BCUT2D eigenvalue weighted by Gasteiger charge is 2.20. The molecule has 0 spiro atoms. The number of aromatic nitrogens is 1. The van der Waals surface area contributed by atoms with Crippen molar-refractivity contribution in [3.8, 4) is 0 Å². The van der Waals surface area contributed by atoms with E-state index in [1.54, 1.807) is 24.3 Å². The molecule has 116 valence electrons. The van der Waals surface area contributed by atoms with Gasteiger partial charge in [0.2, 0.25) is 5.56 Å². The molecule has 0 saturated heterocycles. The van der Waals surface area contributed by atoms with E-state index >= 15 is 0 Å². The average Bonchev–Trinajstić information content (AvgIpc) is 2.51. The smallest absolute Gasteiger partial charge is 0.339 e. The number of nitrogens with one attached hydrogen (secondary N) is 2. The van der Waals surface area contributed by atoms with Crippen LogP contribution in [0.25, 0.3) is 10.9 Å². The molecule has 0 radical (unpaired) electrons. The summed E-state index contributed by atoms with van der Waals surface area (Å²) in [4.78, 5) is 38.3. The highest BCUT2D eigenvalue weighted by atomic mass is 16.5. The predicted octanol–water partition coefficient (Wildman–Crippen LogP) is 1.60. The van der Waals surface area contributed by atoms with Gasteiger partial charge in [-0.3, -0.25) is 9.59 Å². The second kappa shape index (κ2) is 6.89. The number of benzene rings is 1. The fourth-order valence-corrected chi connectivity index (χ4v) is 2.04. The maximum atomic E-state index is 12.2. The Morgan fingerprint density at radius 3 is 2.77 bits per heavy atom. The molecule has 22 heavy (non-hydrogen) atoms. The Balaban J connectivity index is 2.23. The molecule has 0 bridgehead atoms. The van der Waals surface area contributed by atoms with E-state index in [9.17, 15) is 14.4 Å². The lowest BCUT2D eigenvalue weighted by molar-refractivity contribution is -0.129. The average molecular weight is 302 g/mol. The van der Waals surface area contributed by atoms with Crippen molar-refractivity contribution < 1.29 is 14.3 Å². The van der Waals surface area contributed by atoms with Crippen molar-refractivity contribution >= 4 is 22.8 Å². The molecular weight excluding hydrogens is 284 g/mol. The summed E-state index contributed by atoms with van der Waals surface area (Å²) in [5, 5.41) is 3.23. The van der Waals surface area contributed by atoms with Crippen LogP contribution in [0.1, 0.15) is 30.6 Å². The van der Waals surface area contributed by atoms with E-state index in [0.717, 1.165) is 6.42 Å². The molecule has 0 aliphatic rings. The van der Waals surface area contributed by atoms with Crippen LogP contribution in [-0.4, -0.2) is 29.5 Å². The molecule has 0 fully saturated rings. The summed E-state index contributed by atoms with van der Waals surface area (Å²) in [6, 6.07) is 8.11. The first kappa shape index (κ1) is 15.8. The van der Waals surface area contributed by atoms with Crippen molar-refractivity contribution in [3.63, 3.8) is 0 Å². The number of fused-ring (bicyclic) bond motifs is 1. The van der Waals surface area contributed by atoms with Gasteiger partial charge < -0.3 is 15.0 Å². The molecule has 2 rings (SSSR count). The highest BCUT2D eigenvalue weighted by Crippen LogP contribution is 2.16. The Kier molecular flexibility index (Phi) is 4.93. The number of ether oxygens (including phenoxy) is 1. The van der Waals surface area contributed by atoms with Gasteiger partial charge >= 0.3 is 5.97 Å². The molecule has 0 unspecified atom stereocenters. The molecule has 0 aliphatic heterocycles. The monoisotopic (exact) mass is 302 g/mol. The van der Waals surface area contributed by atoms with Gasteiger partial charge in [0.15, 0.2) is 6.10 Å². The van der Waals surface area contributed by atoms with Crippen molar-refractivity contribution in [2.45, 2.75) is 26.4 Å². The van der Waals surface area contributed by atoms with Gasteiger partial charge in [-0.05, 0) is 19.4 Å². The second-order valence-corrected chi connectivity index (χ2v) is 4.93. The number of rotatable bonds is 5. The molecule has 1 atom stereocenters. The third kappa shape index (κ3) is 3.52. The molecule has 0 aliphatic carbocycles. The molecular formula is C16H18N2O4. The number of carbonyl (C=O) groups is 2. The molecule has 1 aromatic carbocycles. The number of hydrogen-bond donors (Lipinski definition) is 2. The maximum absolute atomic E-state index is 12.2. The van der Waals surface area contributed by atoms with Gasteiger partial charge in [0.1, 0.15) is 0 Å². The number of pyridine rings is 1. The van der Waals surface area contributed by atoms with Crippen LogP contribution in [0.4, 0.5) is 0 Å². The topological polar surface area (TPSA) is 88.3 Å². The van der Waals surface area contributed by atoms with Gasteiger partial charge in [0, 0.05) is 23.5 Å². The third-order valence-corrected chi connectivity index (χ3v) is 3.17. The highest BCUT2D eigenvalue weighted by molar-refractivity contribution is 6.03. The molecule has 2 N–H and O–H groups in total. The van der Waals surface area contributed by atoms with Crippen LogP contribution in [0, 0.1) is 0 Å². The minimum absolute atomic E-state index is 0.148. The quantitative estimate of drug-likeness (QED) is 0.821. The first-order chi connectivity index (χ1) is 10.5. The Bertz CT molecular complexity index is 751. The zero-order valence-corrected chi connectivity index (χ0v) is 12.5. The number of esters is 1. The normalized spacial score (nSPS) is 11.9. The third-order valence-electron chi connectivity index (χ3n) is 3.17. The minimum Gasteiger partial charge on any atom is -0.449 e. The zero-order valence-electron chi connectivity index (χ0n) is 12.5. The largest absolute Gasteiger partial charge is 0.449 e. The fourth-order valence-electron chi connectivity index (χ4n) is 2.04. The molecule has 6 nitrogen and oxygen atoms in total. The predicted molar refractivity (Wildman–Crippen MR) is 82.7 cm³/mol. The Morgan fingerprint density at radius 1 is 1.32 bits per heavy atom. The summed E-state index contributed by atoms with van der Waals surface area (Å²) in [7, 11) is 0. The summed E-state index contributed by atoms with van der Waals surface area (Å²) < 4.78 is 5.15. The molecule has 1 aromatic heterocycles. The molecule has 1 amide bonds. The van der Waals surface area contributed by atoms with E-state index in [1.165, 1.54) is 13.0 Å². The molecule has 0 saturated carbocycles. The number of amides is 1. The van der Waals surface area contributed by atoms with E-state index in [-0.39, 0.29) is 11.5 Å². The van der Waals surface area contributed by atoms with E-state index in [0.29, 0.717) is 17.4 Å². The van der Waals surface area contributed by atoms with Gasteiger partial charge in [-0.25, -0.2) is 4.79 Å². The molecule has 1 heterocycles. The van der Waals surface area contributed by atoms with E-state index < -0.39 is 17.6 Å². The van der Waals surface area contributed by atoms with Crippen LogP contribution in [-0.2, 0) is 9.53 Å². The summed E-state index contributed by atoms with van der Waals surface area (Å²) in [6.07, 6.45) is -0.123. The van der Waals surface area contributed by atoms with Gasteiger partial charge in [-0.1, -0.05) is 25.1 Å². The van der Waals surface area contributed by atoms with Gasteiger partial charge in [-0.15, -0.1) is 0 Å². The van der Waals surface area contributed by atoms with Gasteiger partial charge in [0.25, 0.3) is 5.91 Å². The van der Waals surface area contributed by atoms with E-state index in [1.807, 2.05) is 6.92 Å². The molecule has 6 heteroatoms. The number of hydrogen-bond acceptors (Lipinski definition) is 4. The van der Waals surface area contributed by atoms with Crippen LogP contribution in [0.3, 0.4) is 0 Å². The second-order valence-electron chi connectivity index (χ2n) is 4.93. The number of carbonyl (C=O) groups excluding carboxylic acids is 2. The number of para-hydroxylation sites is 1. The van der Waals surface area contributed by atoms with Crippen molar-refractivity contribution in [1.29, 1.82) is 0 Å². The van der Waals surface area contributed by atoms with Crippen molar-refractivity contribution in [2.75, 3.05) is 6.54 Å². The summed E-state index contributed by atoms with van der Waals surface area (Å²) in [5.41, 5.74) is 0.299. The van der Waals surface area contributed by atoms with Crippen molar-refractivity contribution in [1.82, 2.24) is 10.3 Å². The summed E-state index contributed by atoms with van der Waals surface area (Å²) in [5.74, 6) is -1.05. The van der Waals surface area contributed by atoms with E-state index in [2.05, 4.69) is 10.3 Å². The number of aromatic amines is 1. The van der Waals surface area contributed by atoms with Gasteiger partial charge in [0.05, 0.1) is 5.56 Å². The van der Waals surface area contributed by atoms with Gasteiger partial charge in [-0.2, -0.15) is 0 Å². The fraction of sp³-hybridized carbons (Fsp3) is 0.312. The Morgan fingerprint density at radius 2 is 2.05 bits per heavy atom. The minimum atomic E-state index is -0.919. The number of H-pyrrole nitrogens is 1. The molecule has 2 aromatic rings. The van der Waals surface area contributed by atoms with Crippen LogP contribution < -0.4 is 10.9 Å².